The SMILES string of the molecule is CC.CN(C)c1ccc(NC(=O)c2ccc(-c3nc4ccc(NC(=O)c5ccc(N(C)C)cc5)cc4[nH]3)cc2)cc1. The van der Waals surface area contributed by atoms with Gasteiger partial charge in [-0.3, -0.25) is 9.59 Å². The average molecular weight is 549 g/mol. The maximum Gasteiger partial charge on any atom is 0.255 e. The van der Waals surface area contributed by atoms with Crippen molar-refractivity contribution in [2.24, 2.45) is 0 Å². The molecule has 0 atom stereocenters. The Kier molecular flexibility index (Phi) is 9.04. The molecule has 0 bridgehead atoms. The van der Waals surface area contributed by atoms with Crippen molar-refractivity contribution >= 4 is 45.6 Å². The fourth-order valence-corrected chi connectivity index (χ4v) is 4.16. The highest BCUT2D eigenvalue weighted by molar-refractivity contribution is 6.05. The third kappa shape index (κ3) is 6.91. The third-order valence-corrected chi connectivity index (χ3v) is 6.45. The van der Waals surface area contributed by atoms with Crippen molar-refractivity contribution in [2.45, 2.75) is 13.8 Å². The van der Waals surface area contributed by atoms with E-state index in [9.17, 15) is 9.59 Å². The van der Waals surface area contributed by atoms with Gasteiger partial charge >= 0.3 is 0 Å². The summed E-state index contributed by atoms with van der Waals surface area (Å²) in [6, 6.07) is 28.0. The lowest BCUT2D eigenvalue weighted by atomic mass is 10.1. The highest BCUT2D eigenvalue weighted by atomic mass is 16.2. The number of anilines is 4. The molecular weight excluding hydrogens is 512 g/mol. The Balaban J connectivity index is 0.00000189. The van der Waals surface area contributed by atoms with Crippen molar-refractivity contribution < 1.29 is 9.59 Å². The molecule has 210 valence electrons. The standard InChI is InChI=1S/C31H30N6O2.C2H6/c1-36(2)25-14-9-22(10-15-25)31(39)33-24-13-18-27-28(19-24)35-29(34-27)20-5-7-21(8-6-20)30(38)32-23-11-16-26(17-12-23)37(3)4;1-2/h5-19H,1-4H3,(H,32,38)(H,33,39)(H,34,35);1-2H3. The molecule has 0 radical (unpaired) electrons. The molecule has 0 aliphatic rings. The Morgan fingerprint density at radius 1 is 0.634 bits per heavy atom. The first-order chi connectivity index (χ1) is 19.8. The van der Waals surface area contributed by atoms with Crippen molar-refractivity contribution in [3.05, 3.63) is 102 Å². The minimum Gasteiger partial charge on any atom is -0.378 e. The number of hydrogen-bond acceptors (Lipinski definition) is 5. The zero-order valence-corrected chi connectivity index (χ0v) is 24.3. The molecular formula is C33H36N6O2. The number of benzene rings is 4. The molecule has 1 heterocycles. The second-order valence-corrected chi connectivity index (χ2v) is 9.69. The molecule has 0 saturated heterocycles. The van der Waals surface area contributed by atoms with Gasteiger partial charge in [0.1, 0.15) is 5.82 Å². The fourth-order valence-electron chi connectivity index (χ4n) is 4.16. The first-order valence-electron chi connectivity index (χ1n) is 13.5. The zero-order chi connectivity index (χ0) is 29.5. The summed E-state index contributed by atoms with van der Waals surface area (Å²) in [5.74, 6) is 0.321. The van der Waals surface area contributed by atoms with Crippen LogP contribution in [-0.4, -0.2) is 50.0 Å². The van der Waals surface area contributed by atoms with Gasteiger partial charge in [0.2, 0.25) is 0 Å². The molecule has 0 saturated carbocycles. The number of hydrogen-bond donors (Lipinski definition) is 3. The fraction of sp³-hybridized carbons (Fsp3) is 0.182. The number of nitrogens with zero attached hydrogens (tertiary/aromatic N) is 3. The average Bonchev–Trinajstić information content (AvgIpc) is 3.42. The molecule has 5 aromatic rings. The van der Waals surface area contributed by atoms with E-state index in [0.717, 1.165) is 33.7 Å². The van der Waals surface area contributed by atoms with E-state index >= 15 is 0 Å². The summed E-state index contributed by atoms with van der Waals surface area (Å²) in [4.78, 5) is 37.4. The quantitative estimate of drug-likeness (QED) is 0.206. The van der Waals surface area contributed by atoms with Gasteiger partial charge in [0, 0.05) is 67.6 Å². The van der Waals surface area contributed by atoms with Crippen LogP contribution in [0.4, 0.5) is 22.7 Å². The summed E-state index contributed by atoms with van der Waals surface area (Å²) in [6.45, 7) is 4.00. The van der Waals surface area contributed by atoms with Crippen molar-refractivity contribution in [3.63, 3.8) is 0 Å². The molecule has 0 fully saturated rings. The Morgan fingerprint density at radius 3 is 1.63 bits per heavy atom. The van der Waals surface area contributed by atoms with E-state index in [0.29, 0.717) is 22.6 Å². The van der Waals surface area contributed by atoms with E-state index in [4.69, 9.17) is 0 Å². The topological polar surface area (TPSA) is 93.4 Å². The highest BCUT2D eigenvalue weighted by Crippen LogP contribution is 2.24. The van der Waals surface area contributed by atoms with Gasteiger partial charge in [-0.2, -0.15) is 0 Å². The number of carbonyl (C=O) groups is 2. The molecule has 1 aromatic heterocycles. The zero-order valence-electron chi connectivity index (χ0n) is 24.3. The van der Waals surface area contributed by atoms with Crippen molar-refractivity contribution in [2.75, 3.05) is 48.6 Å². The molecule has 3 N–H and O–H groups in total. The number of carbonyl (C=O) groups excluding carboxylic acids is 2. The van der Waals surface area contributed by atoms with Gasteiger partial charge in [0.05, 0.1) is 11.0 Å². The second kappa shape index (κ2) is 12.8. The van der Waals surface area contributed by atoms with E-state index in [2.05, 4.69) is 20.6 Å². The number of fused-ring (bicyclic) bond motifs is 1. The maximum atomic E-state index is 12.7. The lowest BCUT2D eigenvalue weighted by Crippen LogP contribution is -2.13. The number of aromatic amines is 1. The van der Waals surface area contributed by atoms with Crippen LogP contribution < -0.4 is 20.4 Å². The number of H-pyrrole nitrogens is 1. The van der Waals surface area contributed by atoms with Crippen molar-refractivity contribution in [3.8, 4) is 11.4 Å². The van der Waals surface area contributed by atoms with E-state index < -0.39 is 0 Å². The number of amides is 2. The Labute approximate surface area is 241 Å². The van der Waals surface area contributed by atoms with Gasteiger partial charge in [-0.15, -0.1) is 0 Å². The molecule has 8 nitrogen and oxygen atoms in total. The third-order valence-electron chi connectivity index (χ3n) is 6.45. The van der Waals surface area contributed by atoms with Crippen molar-refractivity contribution in [1.29, 1.82) is 0 Å². The predicted octanol–water partition coefficient (Wildman–Crippen LogP) is 6.89. The summed E-state index contributed by atoms with van der Waals surface area (Å²) < 4.78 is 0. The van der Waals surface area contributed by atoms with Crippen LogP contribution in [0.1, 0.15) is 34.6 Å². The van der Waals surface area contributed by atoms with Crippen LogP contribution in [0.25, 0.3) is 22.4 Å². The molecule has 8 heteroatoms. The number of rotatable bonds is 7. The van der Waals surface area contributed by atoms with Crippen LogP contribution in [0.5, 0.6) is 0 Å². The summed E-state index contributed by atoms with van der Waals surface area (Å²) in [5, 5.41) is 5.88. The predicted molar refractivity (Wildman–Crippen MR) is 170 cm³/mol. The highest BCUT2D eigenvalue weighted by Gasteiger charge is 2.11. The second-order valence-electron chi connectivity index (χ2n) is 9.69. The van der Waals surface area contributed by atoms with E-state index in [-0.39, 0.29) is 11.8 Å². The van der Waals surface area contributed by atoms with Crippen LogP contribution in [0.15, 0.2) is 91.0 Å². The lowest BCUT2D eigenvalue weighted by molar-refractivity contribution is 0.101. The monoisotopic (exact) mass is 548 g/mol. The minimum atomic E-state index is -0.180. The van der Waals surface area contributed by atoms with Gasteiger partial charge in [-0.25, -0.2) is 4.98 Å². The number of imidazole rings is 1. The van der Waals surface area contributed by atoms with Crippen LogP contribution in [0, 0.1) is 0 Å². The van der Waals surface area contributed by atoms with Gasteiger partial charge in [-0.1, -0.05) is 26.0 Å². The number of nitrogens with one attached hydrogen (secondary N) is 3. The Bertz CT molecular complexity index is 1620. The van der Waals surface area contributed by atoms with E-state index in [1.807, 2.05) is 131 Å². The number of aromatic nitrogens is 2. The van der Waals surface area contributed by atoms with Crippen LogP contribution in [0.3, 0.4) is 0 Å². The van der Waals surface area contributed by atoms with Gasteiger partial charge in [-0.05, 0) is 78.9 Å². The molecule has 0 spiro atoms. The summed E-state index contributed by atoms with van der Waals surface area (Å²) in [5.41, 5.74) is 7.06. The van der Waals surface area contributed by atoms with Crippen LogP contribution in [-0.2, 0) is 0 Å². The molecule has 5 rings (SSSR count). The molecule has 0 unspecified atom stereocenters. The minimum absolute atomic E-state index is 0.179. The molecule has 4 aromatic carbocycles. The van der Waals surface area contributed by atoms with Crippen LogP contribution in [0.2, 0.25) is 0 Å². The Morgan fingerprint density at radius 2 is 1.10 bits per heavy atom. The molecule has 0 aliphatic heterocycles. The van der Waals surface area contributed by atoms with Gasteiger partial charge < -0.3 is 25.4 Å². The largest absolute Gasteiger partial charge is 0.378 e. The summed E-state index contributed by atoms with van der Waals surface area (Å²) >= 11 is 0. The first-order valence-corrected chi connectivity index (χ1v) is 13.5. The summed E-state index contributed by atoms with van der Waals surface area (Å²) in [6.07, 6.45) is 0. The van der Waals surface area contributed by atoms with Gasteiger partial charge in [0.25, 0.3) is 11.8 Å². The molecule has 0 aliphatic carbocycles. The molecule has 41 heavy (non-hydrogen) atoms. The molecule has 2 amide bonds. The first kappa shape index (κ1) is 28.9. The van der Waals surface area contributed by atoms with Gasteiger partial charge in [0.15, 0.2) is 0 Å². The van der Waals surface area contributed by atoms with E-state index in [1.165, 1.54) is 0 Å². The van der Waals surface area contributed by atoms with E-state index in [1.54, 1.807) is 12.1 Å². The van der Waals surface area contributed by atoms with Crippen LogP contribution >= 0.6 is 0 Å². The maximum absolute atomic E-state index is 12.7. The normalized spacial score (nSPS) is 10.4. The van der Waals surface area contributed by atoms with Crippen molar-refractivity contribution in [1.82, 2.24) is 9.97 Å². The smallest absolute Gasteiger partial charge is 0.255 e. The Hall–Kier alpha value is -5.11. The summed E-state index contributed by atoms with van der Waals surface area (Å²) in [7, 11) is 7.86. The lowest BCUT2D eigenvalue weighted by Gasteiger charge is -2.13.